The average molecular weight is 466 g/mol. The number of carbonyl (C=O) groups is 1. The number of sulfonamides is 1. The Hall–Kier alpha value is -2.13. The van der Waals surface area contributed by atoms with E-state index in [-0.39, 0.29) is 17.2 Å². The van der Waals surface area contributed by atoms with Gasteiger partial charge in [-0.15, -0.1) is 0 Å². The predicted molar refractivity (Wildman–Crippen MR) is 123 cm³/mol. The maximum atomic E-state index is 13.1. The van der Waals surface area contributed by atoms with Crippen LogP contribution in [0.1, 0.15) is 19.4 Å². The molecule has 0 aliphatic carbocycles. The summed E-state index contributed by atoms with van der Waals surface area (Å²) in [5, 5.41) is 3.42. The summed E-state index contributed by atoms with van der Waals surface area (Å²) in [6.07, 6.45) is 0.0950. The van der Waals surface area contributed by atoms with Gasteiger partial charge in [0.15, 0.2) is 0 Å². The molecule has 0 radical (unpaired) electrons. The maximum absolute atomic E-state index is 13.1. The van der Waals surface area contributed by atoms with E-state index in [0.29, 0.717) is 42.6 Å². The predicted octanol–water partition coefficient (Wildman–Crippen LogP) is 3.39. The van der Waals surface area contributed by atoms with Crippen LogP contribution in [0.5, 0.6) is 0 Å². The second-order valence-corrected chi connectivity index (χ2v) is 9.53. The molecule has 2 aromatic carbocycles. The Morgan fingerprint density at radius 3 is 2.45 bits per heavy atom. The van der Waals surface area contributed by atoms with Crippen molar-refractivity contribution in [3.63, 3.8) is 0 Å². The van der Waals surface area contributed by atoms with Gasteiger partial charge < -0.3 is 15.0 Å². The van der Waals surface area contributed by atoms with Gasteiger partial charge in [-0.2, -0.15) is 4.31 Å². The third-order valence-corrected chi connectivity index (χ3v) is 7.53. The third kappa shape index (κ3) is 5.57. The standard InChI is InChI=1S/C22H28ClN3O4S/c1-3-25(4-2)21-10-9-18(31(28,29)26-11-13-30-14-12-26)16-20(21)24-22(27)15-17-7-5-6-8-19(17)23/h5-10,16H,3-4,11-15H2,1-2H3,(H,24,27). The molecule has 0 atom stereocenters. The van der Waals surface area contributed by atoms with Crippen LogP contribution in [0.15, 0.2) is 47.4 Å². The van der Waals surface area contributed by atoms with E-state index in [1.54, 1.807) is 30.3 Å². The van der Waals surface area contributed by atoms with E-state index in [1.165, 1.54) is 4.31 Å². The molecule has 0 bridgehead atoms. The van der Waals surface area contributed by atoms with Gasteiger partial charge in [-0.25, -0.2) is 8.42 Å². The van der Waals surface area contributed by atoms with Gasteiger partial charge in [-0.05, 0) is 43.7 Å². The molecule has 168 valence electrons. The molecular formula is C22H28ClN3O4S. The zero-order valence-corrected chi connectivity index (χ0v) is 19.4. The van der Waals surface area contributed by atoms with Crippen molar-refractivity contribution in [3.05, 3.63) is 53.1 Å². The lowest BCUT2D eigenvalue weighted by Crippen LogP contribution is -2.40. The minimum Gasteiger partial charge on any atom is -0.379 e. The summed E-state index contributed by atoms with van der Waals surface area (Å²) < 4.78 is 32.9. The Morgan fingerprint density at radius 2 is 1.81 bits per heavy atom. The molecule has 1 N–H and O–H groups in total. The summed E-state index contributed by atoms with van der Waals surface area (Å²) in [6.45, 7) is 6.84. The number of rotatable bonds is 8. The Bertz CT molecular complexity index is 1020. The molecule has 9 heteroatoms. The first kappa shape index (κ1) is 23.5. The fourth-order valence-electron chi connectivity index (χ4n) is 3.56. The molecule has 1 fully saturated rings. The normalized spacial score (nSPS) is 14.9. The summed E-state index contributed by atoms with van der Waals surface area (Å²) in [6, 6.07) is 12.1. The van der Waals surface area contributed by atoms with Gasteiger partial charge >= 0.3 is 0 Å². The van der Waals surface area contributed by atoms with Crippen LogP contribution in [0.2, 0.25) is 5.02 Å². The number of halogens is 1. The quantitative estimate of drug-likeness (QED) is 0.646. The summed E-state index contributed by atoms with van der Waals surface area (Å²) in [5.41, 5.74) is 1.96. The first-order valence-corrected chi connectivity index (χ1v) is 12.2. The zero-order chi connectivity index (χ0) is 22.4. The highest BCUT2D eigenvalue weighted by Crippen LogP contribution is 2.31. The van der Waals surface area contributed by atoms with Crippen LogP contribution in [-0.2, 0) is 26.0 Å². The Labute approximate surface area is 189 Å². The number of nitrogens with zero attached hydrogens (tertiary/aromatic N) is 2. The summed E-state index contributed by atoms with van der Waals surface area (Å²) >= 11 is 6.19. The number of anilines is 2. The Balaban J connectivity index is 1.92. The number of benzene rings is 2. The average Bonchev–Trinajstić information content (AvgIpc) is 2.77. The molecule has 1 amide bonds. The van der Waals surface area contributed by atoms with Gasteiger partial charge in [0.1, 0.15) is 0 Å². The van der Waals surface area contributed by atoms with Crippen molar-refractivity contribution < 1.29 is 17.9 Å². The lowest BCUT2D eigenvalue weighted by molar-refractivity contribution is -0.115. The van der Waals surface area contributed by atoms with Crippen molar-refractivity contribution in [2.24, 2.45) is 0 Å². The highest BCUT2D eigenvalue weighted by molar-refractivity contribution is 7.89. The van der Waals surface area contributed by atoms with Crippen LogP contribution >= 0.6 is 11.6 Å². The number of morpholine rings is 1. The minimum atomic E-state index is -3.68. The molecule has 0 spiro atoms. The highest BCUT2D eigenvalue weighted by Gasteiger charge is 2.27. The van der Waals surface area contributed by atoms with Gasteiger partial charge in [0.05, 0.1) is 35.9 Å². The number of nitrogens with one attached hydrogen (secondary N) is 1. The van der Waals surface area contributed by atoms with Gasteiger partial charge in [-0.3, -0.25) is 4.79 Å². The SMILES string of the molecule is CCN(CC)c1ccc(S(=O)(=O)N2CCOCC2)cc1NC(=O)Cc1ccccc1Cl. The number of hydrogen-bond donors (Lipinski definition) is 1. The number of amides is 1. The molecule has 31 heavy (non-hydrogen) atoms. The van der Waals surface area contributed by atoms with E-state index in [0.717, 1.165) is 18.8 Å². The molecule has 0 aromatic heterocycles. The monoisotopic (exact) mass is 465 g/mol. The van der Waals surface area contributed by atoms with Crippen LogP contribution in [-0.4, -0.2) is 58.0 Å². The van der Waals surface area contributed by atoms with Crippen molar-refractivity contribution in [3.8, 4) is 0 Å². The molecule has 0 unspecified atom stereocenters. The van der Waals surface area contributed by atoms with Crippen molar-refractivity contribution in [2.75, 3.05) is 49.6 Å². The van der Waals surface area contributed by atoms with Crippen LogP contribution in [0.4, 0.5) is 11.4 Å². The lowest BCUT2D eigenvalue weighted by Gasteiger charge is -2.28. The van der Waals surface area contributed by atoms with E-state index in [1.807, 2.05) is 26.0 Å². The van der Waals surface area contributed by atoms with Gasteiger partial charge in [0.25, 0.3) is 0 Å². The van der Waals surface area contributed by atoms with E-state index < -0.39 is 10.0 Å². The van der Waals surface area contributed by atoms with Gasteiger partial charge in [-0.1, -0.05) is 29.8 Å². The van der Waals surface area contributed by atoms with Gasteiger partial charge in [0.2, 0.25) is 15.9 Å². The first-order chi connectivity index (χ1) is 14.9. The molecule has 3 rings (SSSR count). The molecular weight excluding hydrogens is 438 g/mol. The first-order valence-electron chi connectivity index (χ1n) is 10.4. The maximum Gasteiger partial charge on any atom is 0.243 e. The fraction of sp³-hybridized carbons (Fsp3) is 0.409. The van der Waals surface area contributed by atoms with Crippen molar-refractivity contribution in [1.82, 2.24) is 4.31 Å². The molecule has 2 aromatic rings. The highest BCUT2D eigenvalue weighted by atomic mass is 35.5. The largest absolute Gasteiger partial charge is 0.379 e. The smallest absolute Gasteiger partial charge is 0.243 e. The van der Waals surface area contributed by atoms with Crippen LogP contribution in [0, 0.1) is 0 Å². The lowest BCUT2D eigenvalue weighted by atomic mass is 10.1. The van der Waals surface area contributed by atoms with E-state index in [4.69, 9.17) is 16.3 Å². The van der Waals surface area contributed by atoms with E-state index in [9.17, 15) is 13.2 Å². The van der Waals surface area contributed by atoms with Gasteiger partial charge in [0, 0.05) is 31.2 Å². The molecule has 1 aliphatic heterocycles. The van der Waals surface area contributed by atoms with E-state index in [2.05, 4.69) is 10.2 Å². The van der Waals surface area contributed by atoms with Crippen LogP contribution < -0.4 is 10.2 Å². The number of hydrogen-bond acceptors (Lipinski definition) is 5. The molecule has 7 nitrogen and oxygen atoms in total. The van der Waals surface area contributed by atoms with Crippen molar-refractivity contribution >= 4 is 38.9 Å². The fourth-order valence-corrected chi connectivity index (χ4v) is 5.20. The van der Waals surface area contributed by atoms with Crippen LogP contribution in [0.3, 0.4) is 0 Å². The Morgan fingerprint density at radius 1 is 1.13 bits per heavy atom. The second-order valence-electron chi connectivity index (χ2n) is 7.18. The molecule has 0 saturated carbocycles. The summed E-state index contributed by atoms with van der Waals surface area (Å²) in [5.74, 6) is -0.262. The topological polar surface area (TPSA) is 79.0 Å². The third-order valence-electron chi connectivity index (χ3n) is 5.26. The zero-order valence-electron chi connectivity index (χ0n) is 17.8. The summed E-state index contributed by atoms with van der Waals surface area (Å²) in [4.78, 5) is 15.0. The van der Waals surface area contributed by atoms with Crippen molar-refractivity contribution in [1.29, 1.82) is 0 Å². The number of ether oxygens (including phenoxy) is 1. The number of carbonyl (C=O) groups excluding carboxylic acids is 1. The second kappa shape index (κ2) is 10.5. The molecule has 1 aliphatic rings. The molecule has 1 heterocycles. The Kier molecular flexibility index (Phi) is 7.94. The minimum absolute atomic E-state index is 0.0950. The van der Waals surface area contributed by atoms with Crippen molar-refractivity contribution in [2.45, 2.75) is 25.2 Å². The van der Waals surface area contributed by atoms with Crippen LogP contribution in [0.25, 0.3) is 0 Å². The van der Waals surface area contributed by atoms with E-state index >= 15 is 0 Å². The molecule has 1 saturated heterocycles. The summed E-state index contributed by atoms with van der Waals surface area (Å²) in [7, 11) is -3.68.